The Balaban J connectivity index is 0.00000136. The Morgan fingerprint density at radius 3 is 2.71 bits per heavy atom. The molecule has 1 aliphatic heterocycles. The van der Waals surface area contributed by atoms with Crippen molar-refractivity contribution in [1.82, 2.24) is 14.8 Å². The summed E-state index contributed by atoms with van der Waals surface area (Å²) in [4.78, 5) is 15.4. The number of likely N-dealkylation sites (N-methyl/N-ethyl adjacent to an activating group) is 1. The maximum atomic E-state index is 13.0. The van der Waals surface area contributed by atoms with E-state index in [4.69, 9.17) is 0 Å². The van der Waals surface area contributed by atoms with Gasteiger partial charge in [0.2, 0.25) is 5.91 Å². The summed E-state index contributed by atoms with van der Waals surface area (Å²) >= 11 is 0. The van der Waals surface area contributed by atoms with E-state index in [2.05, 4.69) is 60.1 Å². The van der Waals surface area contributed by atoms with E-state index in [-0.39, 0.29) is 41.9 Å². The molecule has 2 aromatic rings. The van der Waals surface area contributed by atoms with Crippen molar-refractivity contribution in [3.05, 3.63) is 35.5 Å². The SMILES string of the molecule is CC(C)n1cc2c3c(cccc31)C1CC(C(=O)N[C@@H]3CCC[C@@H]3O)CN(C)[C@@H]1C2.Cl.O. The summed E-state index contributed by atoms with van der Waals surface area (Å²) in [6.45, 7) is 5.28. The number of rotatable bonds is 3. The number of halogens is 1. The van der Waals surface area contributed by atoms with E-state index in [1.54, 1.807) is 0 Å². The molecular weight excluding hydrogens is 414 g/mol. The van der Waals surface area contributed by atoms with Crippen molar-refractivity contribution in [2.24, 2.45) is 5.92 Å². The molecule has 5 atom stereocenters. The number of carbonyl (C=O) groups is 1. The summed E-state index contributed by atoms with van der Waals surface area (Å²) in [5, 5.41) is 14.7. The minimum Gasteiger partial charge on any atom is -0.412 e. The number of likely N-dealkylation sites (tertiary alicyclic amines) is 1. The van der Waals surface area contributed by atoms with E-state index in [1.807, 2.05) is 0 Å². The fourth-order valence-corrected chi connectivity index (χ4v) is 6.10. The highest BCUT2D eigenvalue weighted by molar-refractivity contribution is 5.89. The smallest absolute Gasteiger partial charge is 0.224 e. The van der Waals surface area contributed by atoms with Crippen molar-refractivity contribution in [1.29, 1.82) is 0 Å². The molecule has 7 heteroatoms. The van der Waals surface area contributed by atoms with Gasteiger partial charge < -0.3 is 25.4 Å². The standard InChI is InChI=1S/C24H33N3O2.ClH.H2O/c1-14(2)27-13-15-11-21-18(17-6-4-8-20(27)23(15)17)10-16(12-26(21)3)24(29)25-19-7-5-9-22(19)28;;/h4,6,8,13-14,16,18-19,21-22,28H,5,7,9-12H2,1-3H3,(H,25,29);1H;1H2/t16?,18?,19-,21-,22+;;/m1../s1. The lowest BCUT2D eigenvalue weighted by Gasteiger charge is -2.45. The van der Waals surface area contributed by atoms with Crippen LogP contribution in [0.3, 0.4) is 0 Å². The molecular formula is C24H36ClN3O3. The number of fused-ring (bicyclic) bond motifs is 2. The first kappa shape index (κ1) is 24.1. The predicted molar refractivity (Wildman–Crippen MR) is 126 cm³/mol. The van der Waals surface area contributed by atoms with Crippen molar-refractivity contribution in [3.63, 3.8) is 0 Å². The second kappa shape index (κ2) is 9.10. The lowest BCUT2D eigenvalue weighted by atomic mass is 9.72. The first-order valence-corrected chi connectivity index (χ1v) is 11.2. The second-order valence-corrected chi connectivity index (χ2v) is 9.76. The number of aliphatic hydroxyl groups is 1. The van der Waals surface area contributed by atoms with Gasteiger partial charge in [-0.25, -0.2) is 0 Å². The number of aliphatic hydroxyl groups excluding tert-OH is 1. The van der Waals surface area contributed by atoms with Crippen LogP contribution in [0.4, 0.5) is 0 Å². The second-order valence-electron chi connectivity index (χ2n) is 9.76. The van der Waals surface area contributed by atoms with Gasteiger partial charge in [0, 0.05) is 41.6 Å². The van der Waals surface area contributed by atoms with Crippen LogP contribution < -0.4 is 5.32 Å². The topological polar surface area (TPSA) is 89.0 Å². The average molecular weight is 450 g/mol. The zero-order valence-corrected chi connectivity index (χ0v) is 19.5. The largest absolute Gasteiger partial charge is 0.412 e. The van der Waals surface area contributed by atoms with Crippen LogP contribution in [-0.2, 0) is 11.2 Å². The quantitative estimate of drug-likeness (QED) is 0.755. The normalized spacial score (nSPS) is 29.9. The Labute approximate surface area is 190 Å². The number of carbonyl (C=O) groups excluding carboxylic acids is 1. The van der Waals surface area contributed by atoms with Crippen molar-refractivity contribution in [3.8, 4) is 0 Å². The third-order valence-electron chi connectivity index (χ3n) is 7.61. The third-order valence-corrected chi connectivity index (χ3v) is 7.61. The first-order valence-electron chi connectivity index (χ1n) is 11.2. The fraction of sp³-hybridized carbons (Fsp3) is 0.625. The van der Waals surface area contributed by atoms with Gasteiger partial charge in [0.1, 0.15) is 0 Å². The molecule has 6 nitrogen and oxygen atoms in total. The van der Waals surface area contributed by atoms with Gasteiger partial charge >= 0.3 is 0 Å². The fourth-order valence-electron chi connectivity index (χ4n) is 6.10. The van der Waals surface area contributed by atoms with E-state index in [1.165, 1.54) is 22.0 Å². The van der Waals surface area contributed by atoms with Crippen LogP contribution in [0.2, 0.25) is 0 Å². The molecule has 31 heavy (non-hydrogen) atoms. The van der Waals surface area contributed by atoms with Crippen LogP contribution in [0.25, 0.3) is 10.9 Å². The zero-order chi connectivity index (χ0) is 20.3. The Morgan fingerprint density at radius 1 is 1.26 bits per heavy atom. The number of piperidine rings is 1. The highest BCUT2D eigenvalue weighted by atomic mass is 35.5. The number of nitrogens with one attached hydrogen (secondary N) is 1. The van der Waals surface area contributed by atoms with E-state index in [0.29, 0.717) is 18.0 Å². The molecule has 2 fully saturated rings. The van der Waals surface area contributed by atoms with Crippen LogP contribution in [0, 0.1) is 5.92 Å². The van der Waals surface area contributed by atoms with Gasteiger partial charge in [0.05, 0.1) is 18.1 Å². The molecule has 1 aromatic carbocycles. The molecule has 1 saturated heterocycles. The minimum absolute atomic E-state index is 0. The molecule has 0 radical (unpaired) electrons. The lowest BCUT2D eigenvalue weighted by molar-refractivity contribution is -0.128. The summed E-state index contributed by atoms with van der Waals surface area (Å²) in [5.74, 6) is 0.495. The number of hydrogen-bond acceptors (Lipinski definition) is 3. The Kier molecular flexibility index (Phi) is 7.06. The summed E-state index contributed by atoms with van der Waals surface area (Å²) in [6, 6.07) is 7.53. The molecule has 5 rings (SSSR count). The average Bonchev–Trinajstić information content (AvgIpc) is 3.27. The first-order chi connectivity index (χ1) is 13.9. The van der Waals surface area contributed by atoms with Gasteiger partial charge in [-0.3, -0.25) is 4.79 Å². The zero-order valence-electron chi connectivity index (χ0n) is 18.7. The van der Waals surface area contributed by atoms with Gasteiger partial charge in [-0.05, 0) is 70.2 Å². The van der Waals surface area contributed by atoms with Crippen molar-refractivity contribution in [2.45, 2.75) is 76.1 Å². The molecule has 3 aliphatic rings. The number of hydrogen-bond donors (Lipinski definition) is 2. The Bertz CT molecular complexity index is 944. The van der Waals surface area contributed by atoms with Crippen molar-refractivity contribution in [2.75, 3.05) is 13.6 Å². The highest BCUT2D eigenvalue weighted by Gasteiger charge is 2.42. The van der Waals surface area contributed by atoms with Gasteiger partial charge in [-0.1, -0.05) is 12.1 Å². The summed E-state index contributed by atoms with van der Waals surface area (Å²) in [6.07, 6.45) is 6.63. The summed E-state index contributed by atoms with van der Waals surface area (Å²) in [5.41, 5.74) is 4.20. The molecule has 0 bridgehead atoms. The summed E-state index contributed by atoms with van der Waals surface area (Å²) < 4.78 is 2.40. The molecule has 1 amide bonds. The molecule has 0 spiro atoms. The lowest BCUT2D eigenvalue weighted by Crippen LogP contribution is -2.53. The highest BCUT2D eigenvalue weighted by Crippen LogP contribution is 2.45. The molecule has 172 valence electrons. The number of benzene rings is 1. The van der Waals surface area contributed by atoms with Crippen molar-refractivity contribution < 1.29 is 15.4 Å². The number of nitrogens with zero attached hydrogens (tertiary/aromatic N) is 2. The van der Waals surface area contributed by atoms with E-state index < -0.39 is 0 Å². The van der Waals surface area contributed by atoms with Crippen LogP contribution in [0.15, 0.2) is 24.4 Å². The van der Waals surface area contributed by atoms with Crippen LogP contribution in [-0.4, -0.2) is 57.7 Å². The Morgan fingerprint density at radius 2 is 2.03 bits per heavy atom. The van der Waals surface area contributed by atoms with Crippen molar-refractivity contribution >= 4 is 29.2 Å². The maximum absolute atomic E-state index is 13.0. The van der Waals surface area contributed by atoms with E-state index in [9.17, 15) is 9.90 Å². The molecule has 1 aromatic heterocycles. The minimum atomic E-state index is -0.380. The van der Waals surface area contributed by atoms with Crippen LogP contribution in [0.5, 0.6) is 0 Å². The molecule has 2 aliphatic carbocycles. The van der Waals surface area contributed by atoms with Gasteiger partial charge in [-0.2, -0.15) is 0 Å². The summed E-state index contributed by atoms with van der Waals surface area (Å²) in [7, 11) is 2.17. The maximum Gasteiger partial charge on any atom is 0.224 e. The molecule has 2 unspecified atom stereocenters. The number of amides is 1. The monoisotopic (exact) mass is 449 g/mol. The van der Waals surface area contributed by atoms with Gasteiger partial charge in [0.25, 0.3) is 0 Å². The van der Waals surface area contributed by atoms with Crippen LogP contribution >= 0.6 is 12.4 Å². The third kappa shape index (κ3) is 3.99. The van der Waals surface area contributed by atoms with Crippen LogP contribution in [0.1, 0.15) is 62.6 Å². The van der Waals surface area contributed by atoms with Gasteiger partial charge in [0.15, 0.2) is 0 Å². The molecule has 4 N–H and O–H groups in total. The predicted octanol–water partition coefficient (Wildman–Crippen LogP) is 2.81. The van der Waals surface area contributed by atoms with E-state index >= 15 is 0 Å². The number of aromatic nitrogens is 1. The Hall–Kier alpha value is -1.60. The van der Waals surface area contributed by atoms with E-state index in [0.717, 1.165) is 38.6 Å². The molecule has 2 heterocycles. The molecule has 1 saturated carbocycles. The van der Waals surface area contributed by atoms with Gasteiger partial charge in [-0.15, -0.1) is 12.4 Å².